The summed E-state index contributed by atoms with van der Waals surface area (Å²) < 4.78 is 57.0. The zero-order valence-corrected chi connectivity index (χ0v) is 25.7. The van der Waals surface area contributed by atoms with E-state index in [9.17, 15) is 17.6 Å². The summed E-state index contributed by atoms with van der Waals surface area (Å²) in [5.41, 5.74) is 3.83. The van der Waals surface area contributed by atoms with E-state index in [2.05, 4.69) is 31.2 Å². The van der Waals surface area contributed by atoms with Crippen molar-refractivity contribution in [1.82, 2.24) is 0 Å². The van der Waals surface area contributed by atoms with Crippen molar-refractivity contribution >= 4 is 11.6 Å². The van der Waals surface area contributed by atoms with Crippen LogP contribution in [0.4, 0.5) is 17.6 Å². The van der Waals surface area contributed by atoms with Crippen molar-refractivity contribution in [2.24, 2.45) is 11.8 Å². The van der Waals surface area contributed by atoms with Gasteiger partial charge in [-0.25, -0.2) is 17.6 Å². The normalized spacial score (nSPS) is 17.1. The molecule has 0 saturated heterocycles. The molecular weight excluding hydrogens is 556 g/mol. The minimum absolute atomic E-state index is 0.0196. The van der Waals surface area contributed by atoms with Crippen LogP contribution < -0.4 is 0 Å². The molecular formula is C37H45ClF4. The molecule has 1 aliphatic rings. The molecule has 42 heavy (non-hydrogen) atoms. The number of unbranched alkanes of at least 4 members (excludes halogenated alkanes) is 4. The highest BCUT2D eigenvalue weighted by Gasteiger charge is 2.21. The average Bonchev–Trinajstić information content (AvgIpc) is 2.98. The highest BCUT2D eigenvalue weighted by Crippen LogP contribution is 2.34. The van der Waals surface area contributed by atoms with Gasteiger partial charge in [-0.15, -0.1) is 0 Å². The largest absolute Gasteiger partial charge is 0.207 e. The molecule has 0 radical (unpaired) electrons. The van der Waals surface area contributed by atoms with Crippen LogP contribution in [-0.4, -0.2) is 0 Å². The van der Waals surface area contributed by atoms with E-state index in [0.717, 1.165) is 30.9 Å². The Labute approximate surface area is 254 Å². The van der Waals surface area contributed by atoms with E-state index >= 15 is 0 Å². The van der Waals surface area contributed by atoms with Gasteiger partial charge >= 0.3 is 0 Å². The molecule has 0 N–H and O–H groups in total. The van der Waals surface area contributed by atoms with E-state index in [0.29, 0.717) is 23.5 Å². The molecule has 0 spiro atoms. The highest BCUT2D eigenvalue weighted by atomic mass is 35.5. The predicted octanol–water partition coefficient (Wildman–Crippen LogP) is 11.6. The average molecular weight is 601 g/mol. The zero-order valence-electron chi connectivity index (χ0n) is 25.0. The third-order valence-corrected chi connectivity index (χ3v) is 9.51. The van der Waals surface area contributed by atoms with Crippen LogP contribution in [0, 0.1) is 35.1 Å². The van der Waals surface area contributed by atoms with Gasteiger partial charge in [-0.1, -0.05) is 94.2 Å². The van der Waals surface area contributed by atoms with E-state index in [1.807, 2.05) is 0 Å². The van der Waals surface area contributed by atoms with Crippen molar-refractivity contribution in [3.05, 3.63) is 105 Å². The lowest BCUT2D eigenvalue weighted by Gasteiger charge is -2.28. The molecule has 5 heteroatoms. The molecule has 0 aliphatic heterocycles. The molecule has 0 heterocycles. The number of hydrogen-bond acceptors (Lipinski definition) is 0. The maximum atomic E-state index is 14.8. The van der Waals surface area contributed by atoms with E-state index in [4.69, 9.17) is 11.6 Å². The summed E-state index contributed by atoms with van der Waals surface area (Å²) in [6, 6.07) is 14.3. The van der Waals surface area contributed by atoms with Crippen LogP contribution in [0.15, 0.2) is 48.5 Å². The van der Waals surface area contributed by atoms with Crippen molar-refractivity contribution in [2.75, 3.05) is 0 Å². The first-order valence-electron chi connectivity index (χ1n) is 16.0. The van der Waals surface area contributed by atoms with Crippen molar-refractivity contribution in [1.29, 1.82) is 0 Å². The van der Waals surface area contributed by atoms with Gasteiger partial charge in [0.05, 0.1) is 0 Å². The Morgan fingerprint density at radius 3 is 1.55 bits per heavy atom. The van der Waals surface area contributed by atoms with Crippen LogP contribution in [0.25, 0.3) is 0 Å². The fourth-order valence-electron chi connectivity index (χ4n) is 6.42. The maximum Gasteiger partial charge on any atom is 0.145 e. The van der Waals surface area contributed by atoms with Crippen LogP contribution in [-0.2, 0) is 32.1 Å². The Morgan fingerprint density at radius 2 is 1.00 bits per heavy atom. The third-order valence-electron chi connectivity index (χ3n) is 9.15. The second-order valence-corrected chi connectivity index (χ2v) is 12.7. The van der Waals surface area contributed by atoms with Gasteiger partial charge in [0, 0.05) is 5.56 Å². The molecule has 3 aromatic rings. The summed E-state index contributed by atoms with van der Waals surface area (Å²) in [4.78, 5) is 0. The monoisotopic (exact) mass is 600 g/mol. The van der Waals surface area contributed by atoms with Crippen LogP contribution in [0.1, 0.15) is 105 Å². The fraction of sp³-hybridized carbons (Fsp3) is 0.514. The molecule has 1 saturated carbocycles. The minimum Gasteiger partial charge on any atom is -0.207 e. The first-order valence-corrected chi connectivity index (χ1v) is 16.4. The lowest BCUT2D eigenvalue weighted by Crippen LogP contribution is -2.16. The molecule has 3 aromatic carbocycles. The Hall–Kier alpha value is -2.33. The van der Waals surface area contributed by atoms with E-state index in [-0.39, 0.29) is 18.4 Å². The standard InChI is InChI=1S/C37H45ClF4/c1-2-3-4-5-6-7-26-8-10-27(11-9-26)12-13-28-14-16-29(17-15-28)18-19-30-22-33(39)32(34(40)23-30)21-20-31-24-35(41)37(38)36(42)25-31/h8-11,22-25,28-29H,2-7,12-21H2,1H3/t28-,29-. The van der Waals surface area contributed by atoms with Crippen molar-refractivity contribution < 1.29 is 17.6 Å². The topological polar surface area (TPSA) is 0 Å². The van der Waals surface area contributed by atoms with E-state index < -0.39 is 28.3 Å². The SMILES string of the molecule is CCCCCCCc1ccc(CC[C@H]2CC[C@H](CCc3cc(F)c(CCc4cc(F)c(Cl)c(F)c4)c(F)c3)CC2)cc1. The van der Waals surface area contributed by atoms with Gasteiger partial charge in [-0.05, 0) is 110 Å². The second-order valence-electron chi connectivity index (χ2n) is 12.4. The van der Waals surface area contributed by atoms with Gasteiger partial charge in [-0.2, -0.15) is 0 Å². The number of aryl methyl sites for hydroxylation is 4. The van der Waals surface area contributed by atoms with Crippen LogP contribution in [0.5, 0.6) is 0 Å². The summed E-state index contributed by atoms with van der Waals surface area (Å²) in [5.74, 6) is -1.57. The first kappa shape index (κ1) is 32.6. The van der Waals surface area contributed by atoms with Crippen LogP contribution in [0.3, 0.4) is 0 Å². The van der Waals surface area contributed by atoms with Gasteiger partial charge in [0.25, 0.3) is 0 Å². The lowest BCUT2D eigenvalue weighted by atomic mass is 9.77. The summed E-state index contributed by atoms with van der Waals surface area (Å²) in [7, 11) is 0. The van der Waals surface area contributed by atoms with Gasteiger partial charge in [0.2, 0.25) is 0 Å². The Morgan fingerprint density at radius 1 is 0.548 bits per heavy atom. The summed E-state index contributed by atoms with van der Waals surface area (Å²) in [5, 5.41) is -0.571. The number of hydrogen-bond donors (Lipinski definition) is 0. The molecule has 1 fully saturated rings. The van der Waals surface area contributed by atoms with Gasteiger partial charge < -0.3 is 0 Å². The third kappa shape index (κ3) is 9.86. The minimum atomic E-state index is -0.870. The summed E-state index contributed by atoms with van der Waals surface area (Å²) in [6.07, 6.45) is 16.7. The van der Waals surface area contributed by atoms with Gasteiger partial charge in [0.15, 0.2) is 0 Å². The molecule has 0 aromatic heterocycles. The maximum absolute atomic E-state index is 14.8. The quantitative estimate of drug-likeness (QED) is 0.0924. The summed E-state index contributed by atoms with van der Waals surface area (Å²) in [6.45, 7) is 2.25. The van der Waals surface area contributed by atoms with Crippen molar-refractivity contribution in [3.63, 3.8) is 0 Å². The molecule has 0 nitrogen and oxygen atoms in total. The lowest BCUT2D eigenvalue weighted by molar-refractivity contribution is 0.253. The smallest absolute Gasteiger partial charge is 0.145 e. The number of benzene rings is 3. The summed E-state index contributed by atoms with van der Waals surface area (Å²) >= 11 is 5.52. The molecule has 0 atom stereocenters. The van der Waals surface area contributed by atoms with Gasteiger partial charge in [-0.3, -0.25) is 0 Å². The first-order chi connectivity index (χ1) is 20.3. The van der Waals surface area contributed by atoms with Crippen molar-refractivity contribution in [2.45, 2.75) is 110 Å². The second kappa shape index (κ2) is 16.5. The molecule has 228 valence electrons. The number of rotatable bonds is 15. The Kier molecular flexibility index (Phi) is 12.8. The molecule has 4 rings (SSSR count). The zero-order chi connectivity index (χ0) is 29.9. The molecule has 1 aliphatic carbocycles. The molecule has 0 amide bonds. The van der Waals surface area contributed by atoms with Crippen LogP contribution in [0.2, 0.25) is 5.02 Å². The molecule has 0 bridgehead atoms. The Balaban J connectivity index is 1.16. The molecule has 0 unspecified atom stereocenters. The Bertz CT molecular complexity index is 1220. The van der Waals surface area contributed by atoms with E-state index in [1.54, 1.807) is 0 Å². The van der Waals surface area contributed by atoms with Crippen molar-refractivity contribution in [3.8, 4) is 0 Å². The predicted molar refractivity (Wildman–Crippen MR) is 166 cm³/mol. The fourth-order valence-corrected chi connectivity index (χ4v) is 6.53. The highest BCUT2D eigenvalue weighted by molar-refractivity contribution is 6.30. The van der Waals surface area contributed by atoms with Crippen LogP contribution >= 0.6 is 11.6 Å². The number of halogens is 5. The van der Waals surface area contributed by atoms with E-state index in [1.165, 1.54) is 93.9 Å². The van der Waals surface area contributed by atoms with Gasteiger partial charge in [0.1, 0.15) is 28.3 Å².